The number of nitrogens with one attached hydrogen (secondary N) is 1. The molecule has 2 aromatic rings. The first kappa shape index (κ1) is 17.3. The van der Waals surface area contributed by atoms with Gasteiger partial charge >= 0.3 is 0 Å². The molecule has 0 radical (unpaired) electrons. The number of hydrogen-bond donors (Lipinski definition) is 1. The normalized spacial score (nSPS) is 11.8. The van der Waals surface area contributed by atoms with E-state index in [-0.39, 0.29) is 11.9 Å². The van der Waals surface area contributed by atoms with Crippen LogP contribution in [0, 0.1) is 0 Å². The molecule has 0 aliphatic carbocycles. The standard InChI is InChI=1S/C17H22N2O3S/c1-5-7-11(2)18-16(20)13-10-23-17(19-13)12-8-6-9-14(21-3)15(12)22-4/h6,8-11H,5,7H2,1-4H3,(H,18,20)/t11-/m1/s1. The molecule has 0 saturated carbocycles. The van der Waals surface area contributed by atoms with Gasteiger partial charge in [0.05, 0.1) is 19.8 Å². The maximum absolute atomic E-state index is 12.2. The fourth-order valence-corrected chi connectivity index (χ4v) is 3.18. The van der Waals surface area contributed by atoms with E-state index in [1.165, 1.54) is 11.3 Å². The molecule has 0 aliphatic heterocycles. The van der Waals surface area contributed by atoms with Crippen LogP contribution in [0.2, 0.25) is 0 Å². The Labute approximate surface area is 140 Å². The van der Waals surface area contributed by atoms with Crippen molar-refractivity contribution >= 4 is 17.2 Å². The second-order valence-corrected chi connectivity index (χ2v) is 6.10. The maximum atomic E-state index is 12.2. The smallest absolute Gasteiger partial charge is 0.270 e. The van der Waals surface area contributed by atoms with Gasteiger partial charge in [-0.25, -0.2) is 4.98 Å². The van der Waals surface area contributed by atoms with E-state index >= 15 is 0 Å². The van der Waals surface area contributed by atoms with E-state index in [0.717, 1.165) is 23.4 Å². The predicted molar refractivity (Wildman–Crippen MR) is 92.5 cm³/mol. The molecule has 1 atom stereocenters. The lowest BCUT2D eigenvalue weighted by Crippen LogP contribution is -2.32. The van der Waals surface area contributed by atoms with Crippen molar-refractivity contribution in [1.82, 2.24) is 10.3 Å². The third kappa shape index (κ3) is 4.01. The molecule has 0 unspecified atom stereocenters. The number of para-hydroxylation sites is 1. The van der Waals surface area contributed by atoms with Gasteiger partial charge in [0.2, 0.25) is 0 Å². The van der Waals surface area contributed by atoms with Crippen LogP contribution in [0.1, 0.15) is 37.2 Å². The predicted octanol–water partition coefficient (Wildman–Crippen LogP) is 3.75. The maximum Gasteiger partial charge on any atom is 0.270 e. The van der Waals surface area contributed by atoms with Crippen molar-refractivity contribution in [2.75, 3.05) is 14.2 Å². The molecule has 124 valence electrons. The summed E-state index contributed by atoms with van der Waals surface area (Å²) in [4.78, 5) is 16.7. The third-order valence-electron chi connectivity index (χ3n) is 3.47. The van der Waals surface area contributed by atoms with E-state index in [1.54, 1.807) is 19.6 Å². The highest BCUT2D eigenvalue weighted by Crippen LogP contribution is 2.38. The Kier molecular flexibility index (Phi) is 5.98. The number of rotatable bonds is 7. The van der Waals surface area contributed by atoms with Crippen LogP contribution in [0.4, 0.5) is 0 Å². The van der Waals surface area contributed by atoms with E-state index in [4.69, 9.17) is 9.47 Å². The average molecular weight is 334 g/mol. The first-order valence-corrected chi connectivity index (χ1v) is 8.46. The second kappa shape index (κ2) is 7.97. The van der Waals surface area contributed by atoms with Crippen molar-refractivity contribution in [3.8, 4) is 22.1 Å². The highest BCUT2D eigenvalue weighted by Gasteiger charge is 2.17. The Morgan fingerprint density at radius 3 is 2.78 bits per heavy atom. The minimum Gasteiger partial charge on any atom is -0.493 e. The summed E-state index contributed by atoms with van der Waals surface area (Å²) in [5.41, 5.74) is 1.25. The molecule has 23 heavy (non-hydrogen) atoms. The molecule has 1 aromatic heterocycles. The topological polar surface area (TPSA) is 60.5 Å². The third-order valence-corrected chi connectivity index (χ3v) is 4.34. The van der Waals surface area contributed by atoms with E-state index in [2.05, 4.69) is 17.2 Å². The molecular weight excluding hydrogens is 312 g/mol. The monoisotopic (exact) mass is 334 g/mol. The number of benzene rings is 1. The number of thiazole rings is 1. The molecule has 5 nitrogen and oxygen atoms in total. The number of amides is 1. The van der Waals surface area contributed by atoms with Crippen LogP contribution in [0.5, 0.6) is 11.5 Å². The van der Waals surface area contributed by atoms with Crippen LogP contribution in [0.25, 0.3) is 10.6 Å². The van der Waals surface area contributed by atoms with Crippen molar-refractivity contribution in [3.63, 3.8) is 0 Å². The van der Waals surface area contributed by atoms with Crippen molar-refractivity contribution in [2.45, 2.75) is 32.7 Å². The average Bonchev–Trinajstić information content (AvgIpc) is 3.04. The zero-order valence-electron chi connectivity index (χ0n) is 13.9. The van der Waals surface area contributed by atoms with Gasteiger partial charge in [0.1, 0.15) is 10.7 Å². The summed E-state index contributed by atoms with van der Waals surface area (Å²) in [6.07, 6.45) is 1.98. The zero-order valence-corrected chi connectivity index (χ0v) is 14.7. The van der Waals surface area contributed by atoms with E-state index in [9.17, 15) is 4.79 Å². The van der Waals surface area contributed by atoms with Gasteiger partial charge in [-0.2, -0.15) is 0 Å². The molecule has 0 bridgehead atoms. The highest BCUT2D eigenvalue weighted by molar-refractivity contribution is 7.13. The highest BCUT2D eigenvalue weighted by atomic mass is 32.1. The Morgan fingerprint density at radius 2 is 2.13 bits per heavy atom. The van der Waals surface area contributed by atoms with Gasteiger partial charge < -0.3 is 14.8 Å². The van der Waals surface area contributed by atoms with E-state index in [1.807, 2.05) is 25.1 Å². The molecule has 0 saturated heterocycles. The lowest BCUT2D eigenvalue weighted by atomic mass is 10.2. The SMILES string of the molecule is CCC[C@@H](C)NC(=O)c1csc(-c2cccc(OC)c2OC)n1. The van der Waals surface area contributed by atoms with E-state index in [0.29, 0.717) is 17.2 Å². The largest absolute Gasteiger partial charge is 0.493 e. The van der Waals surface area contributed by atoms with Crippen LogP contribution >= 0.6 is 11.3 Å². The minimum absolute atomic E-state index is 0.143. The molecule has 2 rings (SSSR count). The summed E-state index contributed by atoms with van der Waals surface area (Å²) in [5, 5.41) is 5.46. The van der Waals surface area contributed by atoms with Crippen LogP contribution in [-0.4, -0.2) is 31.2 Å². The Bertz CT molecular complexity index is 670. The van der Waals surface area contributed by atoms with Crippen LogP contribution in [0.3, 0.4) is 0 Å². The van der Waals surface area contributed by atoms with Crippen molar-refractivity contribution in [3.05, 3.63) is 29.3 Å². The van der Waals surface area contributed by atoms with Crippen LogP contribution in [0.15, 0.2) is 23.6 Å². The summed E-state index contributed by atoms with van der Waals surface area (Å²) in [6.45, 7) is 4.10. The summed E-state index contributed by atoms with van der Waals surface area (Å²) >= 11 is 1.41. The number of ether oxygens (including phenoxy) is 2. The first-order valence-electron chi connectivity index (χ1n) is 7.58. The summed E-state index contributed by atoms with van der Waals surface area (Å²) in [7, 11) is 3.19. The fraction of sp³-hybridized carbons (Fsp3) is 0.412. The van der Waals surface area contributed by atoms with Crippen molar-refractivity contribution < 1.29 is 14.3 Å². The Balaban J connectivity index is 2.24. The number of carbonyl (C=O) groups is 1. The zero-order chi connectivity index (χ0) is 16.8. The van der Waals surface area contributed by atoms with E-state index < -0.39 is 0 Å². The number of hydrogen-bond acceptors (Lipinski definition) is 5. The number of nitrogens with zero attached hydrogens (tertiary/aromatic N) is 1. The van der Waals surface area contributed by atoms with Gasteiger partial charge in [-0.05, 0) is 25.5 Å². The molecule has 0 aliphatic rings. The van der Waals surface area contributed by atoms with Gasteiger partial charge in [-0.3, -0.25) is 4.79 Å². The summed E-state index contributed by atoms with van der Waals surface area (Å²) in [5.74, 6) is 1.12. The molecule has 0 spiro atoms. The summed E-state index contributed by atoms with van der Waals surface area (Å²) in [6, 6.07) is 5.75. The molecule has 1 amide bonds. The lowest BCUT2D eigenvalue weighted by Gasteiger charge is -2.11. The lowest BCUT2D eigenvalue weighted by molar-refractivity contribution is 0.0934. The summed E-state index contributed by atoms with van der Waals surface area (Å²) < 4.78 is 10.7. The minimum atomic E-state index is -0.143. The fourth-order valence-electron chi connectivity index (χ4n) is 2.36. The quantitative estimate of drug-likeness (QED) is 0.838. The number of carbonyl (C=O) groups excluding carboxylic acids is 1. The van der Waals surface area contributed by atoms with Crippen molar-refractivity contribution in [1.29, 1.82) is 0 Å². The van der Waals surface area contributed by atoms with Crippen LogP contribution in [-0.2, 0) is 0 Å². The molecule has 1 N–H and O–H groups in total. The van der Waals surface area contributed by atoms with Crippen LogP contribution < -0.4 is 14.8 Å². The van der Waals surface area contributed by atoms with Gasteiger partial charge in [0.15, 0.2) is 11.5 Å². The number of methoxy groups -OCH3 is 2. The molecule has 0 fully saturated rings. The Hall–Kier alpha value is -2.08. The molecule has 1 aromatic carbocycles. The Morgan fingerprint density at radius 1 is 1.35 bits per heavy atom. The van der Waals surface area contributed by atoms with Gasteiger partial charge in [0.25, 0.3) is 5.91 Å². The molecule has 1 heterocycles. The van der Waals surface area contributed by atoms with Gasteiger partial charge in [-0.15, -0.1) is 11.3 Å². The van der Waals surface area contributed by atoms with Gasteiger partial charge in [-0.1, -0.05) is 19.4 Å². The van der Waals surface area contributed by atoms with Crippen molar-refractivity contribution in [2.24, 2.45) is 0 Å². The van der Waals surface area contributed by atoms with Gasteiger partial charge in [0, 0.05) is 11.4 Å². The number of aromatic nitrogens is 1. The molecular formula is C17H22N2O3S. The molecule has 6 heteroatoms. The first-order chi connectivity index (χ1) is 11.1. The second-order valence-electron chi connectivity index (χ2n) is 5.24.